The van der Waals surface area contributed by atoms with Gasteiger partial charge in [0, 0.05) is 128 Å². The summed E-state index contributed by atoms with van der Waals surface area (Å²) in [6, 6.07) is 7.62. The highest BCUT2D eigenvalue weighted by Gasteiger charge is 2.25. The molecule has 0 aliphatic rings. The van der Waals surface area contributed by atoms with Crippen molar-refractivity contribution in [3.63, 3.8) is 0 Å². The molecule has 0 bridgehead atoms. The largest absolute Gasteiger partial charge is 0.381 e. The molecule has 0 spiro atoms. The van der Waals surface area contributed by atoms with Crippen molar-refractivity contribution < 1.29 is 52.3 Å². The fourth-order valence-electron chi connectivity index (χ4n) is 5.94. The Kier molecular flexibility index (Phi) is 37.8. The summed E-state index contributed by atoms with van der Waals surface area (Å²) < 4.78 is 46.1. The zero-order chi connectivity index (χ0) is 45.4. The number of Topliss-reactive ketones (excluding diaryl/α,β-unsaturated/α-hetero) is 1. The fraction of sp³-hybridized carbons (Fsp3) is 0.809. The first kappa shape index (κ1) is 58.0. The summed E-state index contributed by atoms with van der Waals surface area (Å²) in [4.78, 5) is 36.6. The minimum atomic E-state index is -0.157. The van der Waals surface area contributed by atoms with Gasteiger partial charge in [-0.05, 0) is 109 Å². The molecule has 0 aliphatic carbocycles. The van der Waals surface area contributed by atoms with E-state index in [4.69, 9.17) is 37.9 Å². The number of rotatable bonds is 44. The zero-order valence-corrected chi connectivity index (χ0v) is 40.6. The van der Waals surface area contributed by atoms with Crippen molar-refractivity contribution in [3.05, 3.63) is 34.3 Å². The molecular formula is C47H84BrN3O11. The van der Waals surface area contributed by atoms with E-state index in [-0.39, 0.29) is 41.7 Å². The van der Waals surface area contributed by atoms with E-state index in [2.05, 4.69) is 52.7 Å². The van der Waals surface area contributed by atoms with Gasteiger partial charge in [-0.2, -0.15) is 0 Å². The minimum absolute atomic E-state index is 0.00407. The van der Waals surface area contributed by atoms with Crippen molar-refractivity contribution in [3.8, 4) is 0 Å². The van der Waals surface area contributed by atoms with Crippen molar-refractivity contribution in [2.24, 2.45) is 5.92 Å². The molecule has 0 unspecified atom stereocenters. The summed E-state index contributed by atoms with van der Waals surface area (Å²) >= 11 is 3.40. The van der Waals surface area contributed by atoms with E-state index >= 15 is 0 Å². The third-order valence-corrected chi connectivity index (χ3v) is 9.63. The molecule has 360 valence electrons. The Morgan fingerprint density at radius 1 is 0.516 bits per heavy atom. The van der Waals surface area contributed by atoms with Crippen LogP contribution in [0.5, 0.6) is 0 Å². The fourth-order valence-corrected chi connectivity index (χ4v) is 6.20. The van der Waals surface area contributed by atoms with E-state index in [0.29, 0.717) is 119 Å². The van der Waals surface area contributed by atoms with Gasteiger partial charge in [-0.3, -0.25) is 14.4 Å². The average Bonchev–Trinajstić information content (AvgIpc) is 3.23. The minimum Gasteiger partial charge on any atom is -0.381 e. The van der Waals surface area contributed by atoms with Crippen LogP contribution in [-0.4, -0.2) is 148 Å². The molecular weight excluding hydrogens is 862 g/mol. The van der Waals surface area contributed by atoms with Gasteiger partial charge < -0.3 is 53.8 Å². The number of ketones is 1. The van der Waals surface area contributed by atoms with Gasteiger partial charge in [0.15, 0.2) is 5.78 Å². The molecule has 2 amide bonds. The Labute approximate surface area is 382 Å². The zero-order valence-electron chi connectivity index (χ0n) is 39.0. The maximum atomic E-state index is 12.5. The smallest absolute Gasteiger partial charge is 0.245 e. The van der Waals surface area contributed by atoms with Gasteiger partial charge in [-0.25, -0.2) is 0 Å². The molecule has 14 nitrogen and oxygen atoms in total. The van der Waals surface area contributed by atoms with Crippen LogP contribution in [0.25, 0.3) is 0 Å². The van der Waals surface area contributed by atoms with Crippen LogP contribution in [0.4, 0.5) is 0 Å². The van der Waals surface area contributed by atoms with Gasteiger partial charge in [-0.1, -0.05) is 41.9 Å². The number of benzene rings is 1. The Hall–Kier alpha value is -2.05. The van der Waals surface area contributed by atoms with E-state index < -0.39 is 0 Å². The summed E-state index contributed by atoms with van der Waals surface area (Å²) in [6.07, 6.45) is 9.50. The summed E-state index contributed by atoms with van der Waals surface area (Å²) in [5.74, 6) is 0.142. The first-order valence-corrected chi connectivity index (χ1v) is 24.0. The lowest BCUT2D eigenvalue weighted by molar-refractivity contribution is -0.126. The van der Waals surface area contributed by atoms with E-state index in [1.54, 1.807) is 0 Å². The van der Waals surface area contributed by atoms with Crippen molar-refractivity contribution in [1.82, 2.24) is 16.0 Å². The molecule has 0 aliphatic heterocycles. The van der Waals surface area contributed by atoms with Gasteiger partial charge in [0.05, 0.1) is 12.5 Å². The molecule has 1 atom stereocenters. The number of halogens is 1. The van der Waals surface area contributed by atoms with Gasteiger partial charge in [-0.15, -0.1) is 0 Å². The average molecular weight is 947 g/mol. The van der Waals surface area contributed by atoms with Crippen LogP contribution in [0, 0.1) is 5.92 Å². The summed E-state index contributed by atoms with van der Waals surface area (Å²) in [5.41, 5.74) is 0.873. The normalized spacial score (nSPS) is 12.2. The monoisotopic (exact) mass is 946 g/mol. The van der Waals surface area contributed by atoms with Crippen LogP contribution < -0.4 is 16.0 Å². The quantitative estimate of drug-likeness (QED) is 0.0601. The SMILES string of the molecule is CC(C)C(=O)[C@@H](CCCCNC(=O)COCCCOCCCOCCCOCCCOCCCOCCCOCCCOCCCNC(=O)Cc1ccc(Br)cc1)NC(C)(C)C. The molecule has 0 heterocycles. The Morgan fingerprint density at radius 2 is 0.887 bits per heavy atom. The standard InChI is InChI=1S/C47H84BrN3O11/c1-40(2)46(54)43(51-47(3,4)5)16-6-7-21-50-45(53)39-62-37-15-36-61-35-14-34-60-33-13-32-59-31-12-30-58-29-11-28-57-27-10-26-56-25-9-24-55-23-8-22-49-44(52)38-41-17-19-42(48)20-18-41/h17-20,40,43,51H,6-16,21-39H2,1-5H3,(H,49,52)(H,50,53)/t43-/m1/s1. The molecule has 1 aromatic rings. The molecule has 62 heavy (non-hydrogen) atoms. The number of unbranched alkanes of at least 4 members (excludes halogenated alkanes) is 1. The Bertz CT molecular complexity index is 1220. The van der Waals surface area contributed by atoms with Gasteiger partial charge >= 0.3 is 0 Å². The van der Waals surface area contributed by atoms with Gasteiger partial charge in [0.25, 0.3) is 0 Å². The van der Waals surface area contributed by atoms with Crippen molar-refractivity contribution in [2.75, 3.05) is 119 Å². The summed E-state index contributed by atoms with van der Waals surface area (Å²) in [6.45, 7) is 21.0. The molecule has 15 heteroatoms. The highest BCUT2D eigenvalue weighted by molar-refractivity contribution is 9.10. The van der Waals surface area contributed by atoms with Crippen LogP contribution in [0.3, 0.4) is 0 Å². The molecule has 0 saturated heterocycles. The predicted molar refractivity (Wildman–Crippen MR) is 248 cm³/mol. The summed E-state index contributed by atoms with van der Waals surface area (Å²) in [7, 11) is 0. The number of nitrogens with one attached hydrogen (secondary N) is 3. The molecule has 3 N–H and O–H groups in total. The second-order valence-corrected chi connectivity index (χ2v) is 17.6. The Balaban J connectivity index is 1.71. The number of ether oxygens (including phenoxy) is 8. The summed E-state index contributed by atoms with van der Waals surface area (Å²) in [5, 5.41) is 9.27. The van der Waals surface area contributed by atoms with Crippen LogP contribution in [0.1, 0.15) is 111 Å². The van der Waals surface area contributed by atoms with Crippen LogP contribution >= 0.6 is 15.9 Å². The maximum absolute atomic E-state index is 12.5. The van der Waals surface area contributed by atoms with E-state index in [9.17, 15) is 14.4 Å². The second-order valence-electron chi connectivity index (χ2n) is 16.7. The van der Waals surface area contributed by atoms with Crippen LogP contribution in [-0.2, 0) is 58.7 Å². The van der Waals surface area contributed by atoms with E-state index in [1.807, 2.05) is 38.1 Å². The number of amides is 2. The lowest BCUT2D eigenvalue weighted by Gasteiger charge is -2.29. The first-order valence-electron chi connectivity index (χ1n) is 23.2. The molecule has 0 fully saturated rings. The van der Waals surface area contributed by atoms with Crippen molar-refractivity contribution in [2.45, 2.75) is 123 Å². The van der Waals surface area contributed by atoms with Gasteiger partial charge in [0.2, 0.25) is 11.8 Å². The highest BCUT2D eigenvalue weighted by atomic mass is 79.9. The topological polar surface area (TPSA) is 161 Å². The third-order valence-electron chi connectivity index (χ3n) is 9.10. The van der Waals surface area contributed by atoms with Crippen LogP contribution in [0.15, 0.2) is 28.7 Å². The van der Waals surface area contributed by atoms with Gasteiger partial charge in [0.1, 0.15) is 6.61 Å². The molecule has 0 saturated carbocycles. The van der Waals surface area contributed by atoms with E-state index in [0.717, 1.165) is 80.7 Å². The molecule has 1 rings (SSSR count). The Morgan fingerprint density at radius 3 is 1.29 bits per heavy atom. The number of hydrogen-bond acceptors (Lipinski definition) is 12. The first-order chi connectivity index (χ1) is 30.0. The maximum Gasteiger partial charge on any atom is 0.245 e. The van der Waals surface area contributed by atoms with E-state index in [1.165, 1.54) is 0 Å². The van der Waals surface area contributed by atoms with Crippen molar-refractivity contribution in [1.29, 1.82) is 0 Å². The van der Waals surface area contributed by atoms with Crippen molar-refractivity contribution >= 4 is 33.5 Å². The highest BCUT2D eigenvalue weighted by Crippen LogP contribution is 2.13. The lowest BCUT2D eigenvalue weighted by atomic mass is 9.94. The predicted octanol–water partition coefficient (Wildman–Crippen LogP) is 6.63. The number of carbonyl (C=O) groups excluding carboxylic acids is 3. The third kappa shape index (κ3) is 38.4. The van der Waals surface area contributed by atoms with Crippen LogP contribution in [0.2, 0.25) is 0 Å². The molecule has 1 aromatic carbocycles. The molecule has 0 aromatic heterocycles. The molecule has 0 radical (unpaired) electrons. The number of carbonyl (C=O) groups is 3. The second kappa shape index (κ2) is 40.5. The lowest BCUT2D eigenvalue weighted by Crippen LogP contribution is -2.49. The number of hydrogen-bond donors (Lipinski definition) is 3.